The zero-order valence-electron chi connectivity index (χ0n) is 18.6. The summed E-state index contributed by atoms with van der Waals surface area (Å²) in [6, 6.07) is 4.52. The second-order valence-corrected chi connectivity index (χ2v) is 8.39. The van der Waals surface area contributed by atoms with Crippen molar-refractivity contribution >= 4 is 64.2 Å². The van der Waals surface area contributed by atoms with E-state index in [-0.39, 0.29) is 55.3 Å². The standard InChI is InChI=1S/C23H17Cl3N4O5/c1-4-35-23(34)18-14(22(33)30(28-18)19-16(25)8-12(24)9-17(19)26)7-5-6-13-11(2)15(10-27)21(32)29(3)20(13)31/h5-9,31H,4H2,1-3H3/p-1/b6-5+,14-7-. The van der Waals surface area contributed by atoms with Gasteiger partial charge in [-0.3, -0.25) is 9.59 Å². The van der Waals surface area contributed by atoms with Crippen LogP contribution in [0.15, 0.2) is 39.8 Å². The van der Waals surface area contributed by atoms with E-state index in [0.29, 0.717) is 0 Å². The molecule has 0 saturated carbocycles. The smallest absolute Gasteiger partial charge is 0.359 e. The number of ether oxygens (including phenoxy) is 1. The molecule has 0 aliphatic carbocycles. The van der Waals surface area contributed by atoms with Gasteiger partial charge in [0.25, 0.3) is 11.5 Å². The van der Waals surface area contributed by atoms with E-state index in [1.54, 1.807) is 13.0 Å². The highest BCUT2D eigenvalue weighted by atomic mass is 35.5. The summed E-state index contributed by atoms with van der Waals surface area (Å²) < 4.78 is 5.82. The second-order valence-electron chi connectivity index (χ2n) is 7.14. The lowest BCUT2D eigenvalue weighted by molar-refractivity contribution is -0.279. The lowest BCUT2D eigenvalue weighted by Crippen LogP contribution is -2.25. The molecule has 1 aromatic carbocycles. The second kappa shape index (κ2) is 10.4. The maximum atomic E-state index is 13.2. The quantitative estimate of drug-likeness (QED) is 0.427. The molecule has 0 saturated heterocycles. The van der Waals surface area contributed by atoms with E-state index in [0.717, 1.165) is 9.58 Å². The van der Waals surface area contributed by atoms with E-state index in [2.05, 4.69) is 5.10 Å². The summed E-state index contributed by atoms with van der Waals surface area (Å²) in [5.74, 6) is -2.22. The van der Waals surface area contributed by atoms with E-state index in [4.69, 9.17) is 39.5 Å². The Balaban J connectivity index is 2.11. The first-order valence-electron chi connectivity index (χ1n) is 9.97. The van der Waals surface area contributed by atoms with Gasteiger partial charge in [-0.05, 0) is 49.1 Å². The molecule has 0 unspecified atom stereocenters. The number of aromatic nitrogens is 1. The average molecular weight is 535 g/mol. The predicted octanol–water partition coefficient (Wildman–Crippen LogP) is 3.50. The van der Waals surface area contributed by atoms with Gasteiger partial charge in [0.15, 0.2) is 5.71 Å². The van der Waals surface area contributed by atoms with Gasteiger partial charge in [0, 0.05) is 12.1 Å². The molecule has 1 aromatic heterocycles. The van der Waals surface area contributed by atoms with Crippen LogP contribution in [0.1, 0.15) is 23.6 Å². The first-order chi connectivity index (χ1) is 16.5. The number of hydrazone groups is 1. The summed E-state index contributed by atoms with van der Waals surface area (Å²) in [5.41, 5.74) is -1.07. The molecule has 1 aliphatic heterocycles. The van der Waals surface area contributed by atoms with Crippen LogP contribution in [0.3, 0.4) is 0 Å². The summed E-state index contributed by atoms with van der Waals surface area (Å²) in [5, 5.41) is 27.0. The molecule has 0 fully saturated rings. The Morgan fingerprint density at radius 2 is 1.89 bits per heavy atom. The van der Waals surface area contributed by atoms with Crippen molar-refractivity contribution in [3.05, 3.63) is 72.0 Å². The minimum atomic E-state index is -0.862. The van der Waals surface area contributed by atoms with E-state index >= 15 is 0 Å². The molecule has 2 aromatic rings. The molecule has 2 heterocycles. The number of anilines is 1. The third-order valence-corrected chi connectivity index (χ3v) is 5.80. The van der Waals surface area contributed by atoms with Crippen LogP contribution in [0.25, 0.3) is 6.08 Å². The molecule has 35 heavy (non-hydrogen) atoms. The normalized spacial score (nSPS) is 14.5. The van der Waals surface area contributed by atoms with Gasteiger partial charge < -0.3 is 14.4 Å². The van der Waals surface area contributed by atoms with Gasteiger partial charge in [-0.2, -0.15) is 15.4 Å². The van der Waals surface area contributed by atoms with Gasteiger partial charge in [-0.15, -0.1) is 0 Å². The fourth-order valence-electron chi connectivity index (χ4n) is 3.27. The number of rotatable bonds is 5. The minimum Gasteiger partial charge on any atom is -0.860 e. The van der Waals surface area contributed by atoms with Gasteiger partial charge in [-0.1, -0.05) is 47.0 Å². The topological polar surface area (TPSA) is 128 Å². The summed E-state index contributed by atoms with van der Waals surface area (Å²) in [4.78, 5) is 37.8. The number of nitrogens with zero attached hydrogens (tertiary/aromatic N) is 4. The Kier molecular flexibility index (Phi) is 7.70. The number of pyridine rings is 1. The van der Waals surface area contributed by atoms with Gasteiger partial charge in [-0.25, -0.2) is 4.79 Å². The Hall–Kier alpha value is -3.58. The van der Waals surface area contributed by atoms with Crippen LogP contribution in [-0.4, -0.2) is 28.8 Å². The number of carbonyl (C=O) groups is 2. The average Bonchev–Trinajstić information content (AvgIpc) is 3.10. The van der Waals surface area contributed by atoms with Crippen LogP contribution in [0.5, 0.6) is 5.88 Å². The van der Waals surface area contributed by atoms with Crippen LogP contribution in [0.2, 0.25) is 15.1 Å². The third kappa shape index (κ3) is 4.82. The number of carbonyl (C=O) groups excluding carboxylic acids is 2. The zero-order valence-corrected chi connectivity index (χ0v) is 20.8. The van der Waals surface area contributed by atoms with Gasteiger partial charge in [0.2, 0.25) is 0 Å². The lowest BCUT2D eigenvalue weighted by atomic mass is 10.0. The molecule has 0 bridgehead atoms. The zero-order chi connectivity index (χ0) is 26.0. The Bertz CT molecular complexity index is 1430. The van der Waals surface area contributed by atoms with Crippen molar-refractivity contribution in [3.8, 4) is 11.9 Å². The van der Waals surface area contributed by atoms with Gasteiger partial charge >= 0.3 is 5.97 Å². The van der Waals surface area contributed by atoms with E-state index in [1.807, 2.05) is 0 Å². The first-order valence-corrected chi connectivity index (χ1v) is 11.1. The number of hydrogen-bond donors (Lipinski definition) is 0. The number of esters is 1. The summed E-state index contributed by atoms with van der Waals surface area (Å²) in [7, 11) is 1.25. The number of nitriles is 1. The van der Waals surface area contributed by atoms with Crippen molar-refractivity contribution in [1.82, 2.24) is 4.57 Å². The summed E-state index contributed by atoms with van der Waals surface area (Å²) >= 11 is 18.4. The van der Waals surface area contributed by atoms with Crippen molar-refractivity contribution in [1.29, 1.82) is 5.26 Å². The van der Waals surface area contributed by atoms with Gasteiger partial charge in [0.1, 0.15) is 17.3 Å². The van der Waals surface area contributed by atoms with Crippen molar-refractivity contribution in [2.45, 2.75) is 13.8 Å². The lowest BCUT2D eigenvalue weighted by Gasteiger charge is -2.18. The van der Waals surface area contributed by atoms with Crippen LogP contribution >= 0.6 is 34.8 Å². The van der Waals surface area contributed by atoms with Crippen molar-refractivity contribution in [2.75, 3.05) is 11.6 Å². The molecule has 12 heteroatoms. The maximum absolute atomic E-state index is 13.2. The molecule has 0 radical (unpaired) electrons. The maximum Gasteiger partial charge on any atom is 0.359 e. The van der Waals surface area contributed by atoms with E-state index in [9.17, 15) is 24.8 Å². The van der Waals surface area contributed by atoms with Crippen LogP contribution in [-0.2, 0) is 21.4 Å². The fraction of sp³-hybridized carbons (Fsp3) is 0.174. The Morgan fingerprint density at radius 1 is 1.26 bits per heavy atom. The molecule has 3 rings (SSSR count). The molecule has 180 valence electrons. The highest BCUT2D eigenvalue weighted by molar-refractivity contribution is 6.54. The molecular formula is C23H16Cl3N4O5-. The largest absolute Gasteiger partial charge is 0.860 e. The van der Waals surface area contributed by atoms with E-state index < -0.39 is 23.3 Å². The molecule has 9 nitrogen and oxygen atoms in total. The monoisotopic (exact) mass is 533 g/mol. The number of allylic oxidation sites excluding steroid dienone is 2. The number of amides is 1. The highest BCUT2D eigenvalue weighted by Crippen LogP contribution is 2.39. The minimum absolute atomic E-state index is 0.0197. The number of hydrogen-bond acceptors (Lipinski definition) is 7. The molecule has 0 atom stereocenters. The summed E-state index contributed by atoms with van der Waals surface area (Å²) in [6.45, 7) is 3.09. The molecular weight excluding hydrogens is 519 g/mol. The van der Waals surface area contributed by atoms with Crippen molar-refractivity contribution < 1.29 is 19.4 Å². The molecule has 0 N–H and O–H groups in total. The number of halogens is 3. The van der Waals surface area contributed by atoms with Crippen LogP contribution < -0.4 is 15.7 Å². The number of benzene rings is 1. The van der Waals surface area contributed by atoms with Crippen LogP contribution in [0.4, 0.5) is 5.69 Å². The predicted molar refractivity (Wildman–Crippen MR) is 131 cm³/mol. The molecule has 0 spiro atoms. The Morgan fingerprint density at radius 3 is 2.46 bits per heavy atom. The summed E-state index contributed by atoms with van der Waals surface area (Å²) in [6.07, 6.45) is 3.91. The van der Waals surface area contributed by atoms with Gasteiger partial charge in [0.05, 0.1) is 22.2 Å². The fourth-order valence-corrected chi connectivity index (χ4v) is 4.25. The molecule has 1 aliphatic rings. The van der Waals surface area contributed by atoms with Crippen molar-refractivity contribution in [3.63, 3.8) is 0 Å². The van der Waals surface area contributed by atoms with Crippen molar-refractivity contribution in [2.24, 2.45) is 12.1 Å². The highest BCUT2D eigenvalue weighted by Gasteiger charge is 2.37. The van der Waals surface area contributed by atoms with E-state index in [1.165, 1.54) is 44.3 Å². The third-order valence-electron chi connectivity index (χ3n) is 5.01. The molecule has 1 amide bonds. The first kappa shape index (κ1) is 26.0. The Labute approximate surface area is 214 Å². The van der Waals surface area contributed by atoms with Crippen LogP contribution in [0, 0.1) is 18.3 Å². The SMILES string of the molecule is CCOC(=O)C1=NN(c2c(Cl)cc(Cl)cc2Cl)C(=O)/C1=C\C=C\c1c(C)c(C#N)c(=O)n(C)c1[O-].